The number of amides is 1. The molecule has 1 amide bonds. The van der Waals surface area contributed by atoms with Gasteiger partial charge in [0, 0.05) is 23.7 Å². The standard InChI is InChI=1S/C22H24FN3O2/c23-16-8-7-11-18-15(16)14-20(25-18)21(27)12-3-1-2-4-13-22(28)26-19-10-6-5-9-17(19)24/h5-11,14,25H,1-4,12-13,24H2,(H,26,28). The molecule has 6 heteroatoms. The van der Waals surface area contributed by atoms with Gasteiger partial charge < -0.3 is 16.0 Å². The molecule has 2 aromatic carbocycles. The van der Waals surface area contributed by atoms with E-state index in [2.05, 4.69) is 10.3 Å². The van der Waals surface area contributed by atoms with Crippen LogP contribution < -0.4 is 11.1 Å². The Bertz CT molecular complexity index is 981. The molecule has 0 aliphatic rings. The molecule has 0 spiro atoms. The van der Waals surface area contributed by atoms with Gasteiger partial charge in [-0.3, -0.25) is 9.59 Å². The topological polar surface area (TPSA) is 88.0 Å². The Morgan fingerprint density at radius 1 is 0.964 bits per heavy atom. The number of hydrogen-bond acceptors (Lipinski definition) is 3. The van der Waals surface area contributed by atoms with Crippen molar-refractivity contribution < 1.29 is 14.0 Å². The fraction of sp³-hybridized carbons (Fsp3) is 0.273. The van der Waals surface area contributed by atoms with Gasteiger partial charge in [-0.2, -0.15) is 0 Å². The van der Waals surface area contributed by atoms with Crippen LogP contribution in [-0.4, -0.2) is 16.7 Å². The van der Waals surface area contributed by atoms with Gasteiger partial charge in [0.15, 0.2) is 5.78 Å². The number of hydrogen-bond donors (Lipinski definition) is 3. The molecule has 0 radical (unpaired) electrons. The molecule has 0 atom stereocenters. The monoisotopic (exact) mass is 381 g/mol. The van der Waals surface area contributed by atoms with Crippen molar-refractivity contribution in [3.63, 3.8) is 0 Å². The second-order valence-corrected chi connectivity index (χ2v) is 6.86. The second kappa shape index (κ2) is 9.17. The average Bonchev–Trinajstić information content (AvgIpc) is 3.12. The summed E-state index contributed by atoms with van der Waals surface area (Å²) in [6, 6.07) is 13.5. The van der Waals surface area contributed by atoms with E-state index in [1.807, 2.05) is 12.1 Å². The molecule has 0 aliphatic heterocycles. The maximum Gasteiger partial charge on any atom is 0.224 e. The summed E-state index contributed by atoms with van der Waals surface area (Å²) in [5, 5.41) is 3.25. The zero-order chi connectivity index (χ0) is 19.9. The number of ketones is 1. The summed E-state index contributed by atoms with van der Waals surface area (Å²) in [4.78, 5) is 27.2. The fourth-order valence-electron chi connectivity index (χ4n) is 3.15. The zero-order valence-corrected chi connectivity index (χ0v) is 15.6. The Labute approximate surface area is 163 Å². The third-order valence-electron chi connectivity index (χ3n) is 4.70. The van der Waals surface area contributed by atoms with Crippen molar-refractivity contribution in [2.45, 2.75) is 38.5 Å². The van der Waals surface area contributed by atoms with E-state index in [0.29, 0.717) is 40.8 Å². The van der Waals surface area contributed by atoms with Crippen molar-refractivity contribution in [2.75, 3.05) is 11.1 Å². The number of para-hydroxylation sites is 2. The number of carbonyl (C=O) groups is 2. The van der Waals surface area contributed by atoms with Gasteiger partial charge >= 0.3 is 0 Å². The lowest BCUT2D eigenvalue weighted by molar-refractivity contribution is -0.116. The first-order valence-electron chi connectivity index (χ1n) is 9.49. The van der Waals surface area contributed by atoms with Crippen LogP contribution in [0.5, 0.6) is 0 Å². The Kier molecular flexibility index (Phi) is 6.42. The van der Waals surface area contributed by atoms with Crippen LogP contribution in [0.2, 0.25) is 0 Å². The molecule has 3 rings (SSSR count). The molecule has 0 fully saturated rings. The van der Waals surface area contributed by atoms with E-state index in [1.54, 1.807) is 30.3 Å². The highest BCUT2D eigenvalue weighted by molar-refractivity contribution is 5.99. The number of Topliss-reactive ketones (excluding diaryl/α,β-unsaturated/α-hetero) is 1. The van der Waals surface area contributed by atoms with E-state index in [-0.39, 0.29) is 17.5 Å². The lowest BCUT2D eigenvalue weighted by Gasteiger charge is -2.07. The summed E-state index contributed by atoms with van der Waals surface area (Å²) in [5.74, 6) is -0.412. The van der Waals surface area contributed by atoms with E-state index in [4.69, 9.17) is 5.73 Å². The van der Waals surface area contributed by atoms with Gasteiger partial charge in [0.2, 0.25) is 5.91 Å². The molecule has 0 unspecified atom stereocenters. The molecule has 0 bridgehead atoms. The van der Waals surface area contributed by atoms with Gasteiger partial charge in [0.1, 0.15) is 5.82 Å². The van der Waals surface area contributed by atoms with Crippen molar-refractivity contribution in [1.29, 1.82) is 0 Å². The minimum absolute atomic E-state index is 0.0205. The van der Waals surface area contributed by atoms with Crippen LogP contribution in [0.4, 0.5) is 15.8 Å². The highest BCUT2D eigenvalue weighted by atomic mass is 19.1. The smallest absolute Gasteiger partial charge is 0.224 e. The van der Waals surface area contributed by atoms with Crippen LogP contribution in [0.15, 0.2) is 48.5 Å². The molecular weight excluding hydrogens is 357 g/mol. The summed E-state index contributed by atoms with van der Waals surface area (Å²) in [7, 11) is 0. The maximum absolute atomic E-state index is 13.7. The normalized spacial score (nSPS) is 10.9. The number of halogens is 1. The Morgan fingerprint density at radius 3 is 2.46 bits per heavy atom. The Morgan fingerprint density at radius 2 is 1.71 bits per heavy atom. The zero-order valence-electron chi connectivity index (χ0n) is 15.6. The van der Waals surface area contributed by atoms with Crippen LogP contribution >= 0.6 is 0 Å². The third kappa shape index (κ3) is 4.97. The van der Waals surface area contributed by atoms with E-state index in [1.165, 1.54) is 6.07 Å². The number of nitrogen functional groups attached to an aromatic ring is 1. The lowest BCUT2D eigenvalue weighted by atomic mass is 10.1. The quantitative estimate of drug-likeness (QED) is 0.275. The molecule has 28 heavy (non-hydrogen) atoms. The van der Waals surface area contributed by atoms with Crippen molar-refractivity contribution in [3.05, 3.63) is 60.0 Å². The summed E-state index contributed by atoms with van der Waals surface area (Å²) in [6.07, 6.45) is 4.05. The van der Waals surface area contributed by atoms with Gasteiger partial charge in [-0.25, -0.2) is 4.39 Å². The third-order valence-corrected chi connectivity index (χ3v) is 4.70. The Balaban J connectivity index is 1.35. The minimum atomic E-state index is -0.330. The molecule has 3 aromatic rings. The Hall–Kier alpha value is -3.15. The number of aromatic amines is 1. The number of benzene rings is 2. The van der Waals surface area contributed by atoms with Gasteiger partial charge in [0.25, 0.3) is 0 Å². The second-order valence-electron chi connectivity index (χ2n) is 6.86. The molecule has 1 aromatic heterocycles. The van der Waals surface area contributed by atoms with Crippen LogP contribution in [0.25, 0.3) is 10.9 Å². The summed E-state index contributed by atoms with van der Waals surface area (Å²) in [6.45, 7) is 0. The van der Waals surface area contributed by atoms with Crippen molar-refractivity contribution in [3.8, 4) is 0 Å². The first-order chi connectivity index (χ1) is 13.5. The maximum atomic E-state index is 13.7. The number of anilines is 2. The fourth-order valence-corrected chi connectivity index (χ4v) is 3.15. The number of H-pyrrole nitrogens is 1. The van der Waals surface area contributed by atoms with E-state index >= 15 is 0 Å². The molecular formula is C22H24FN3O2. The van der Waals surface area contributed by atoms with Crippen molar-refractivity contribution >= 4 is 34.0 Å². The summed E-state index contributed by atoms with van der Waals surface area (Å²) < 4.78 is 13.7. The molecule has 0 saturated heterocycles. The predicted molar refractivity (Wildman–Crippen MR) is 110 cm³/mol. The number of unbranched alkanes of at least 4 members (excludes halogenated alkanes) is 3. The molecule has 4 N–H and O–H groups in total. The molecule has 0 aliphatic carbocycles. The predicted octanol–water partition coefficient (Wildman–Crippen LogP) is 5.05. The molecule has 0 saturated carbocycles. The largest absolute Gasteiger partial charge is 0.397 e. The number of fused-ring (bicyclic) bond motifs is 1. The van der Waals surface area contributed by atoms with Gasteiger partial charge in [0.05, 0.1) is 17.1 Å². The summed E-state index contributed by atoms with van der Waals surface area (Å²) in [5.41, 5.74) is 8.06. The van der Waals surface area contributed by atoms with E-state index in [0.717, 1.165) is 25.7 Å². The molecule has 146 valence electrons. The number of carbonyl (C=O) groups excluding carboxylic acids is 2. The van der Waals surface area contributed by atoms with Crippen LogP contribution in [0, 0.1) is 5.82 Å². The number of rotatable bonds is 9. The van der Waals surface area contributed by atoms with Gasteiger partial charge in [-0.15, -0.1) is 0 Å². The highest BCUT2D eigenvalue weighted by Gasteiger charge is 2.11. The molecule has 5 nitrogen and oxygen atoms in total. The van der Waals surface area contributed by atoms with Crippen LogP contribution in [-0.2, 0) is 4.79 Å². The minimum Gasteiger partial charge on any atom is -0.397 e. The van der Waals surface area contributed by atoms with Crippen LogP contribution in [0.1, 0.15) is 49.0 Å². The van der Waals surface area contributed by atoms with E-state index in [9.17, 15) is 14.0 Å². The van der Waals surface area contributed by atoms with Crippen molar-refractivity contribution in [2.24, 2.45) is 0 Å². The average molecular weight is 381 g/mol. The van der Waals surface area contributed by atoms with Crippen molar-refractivity contribution in [1.82, 2.24) is 4.98 Å². The number of aromatic nitrogens is 1. The van der Waals surface area contributed by atoms with Crippen LogP contribution in [0.3, 0.4) is 0 Å². The van der Waals surface area contributed by atoms with Gasteiger partial charge in [-0.1, -0.05) is 31.0 Å². The van der Waals surface area contributed by atoms with E-state index < -0.39 is 0 Å². The highest BCUT2D eigenvalue weighted by Crippen LogP contribution is 2.20. The van der Waals surface area contributed by atoms with Gasteiger partial charge in [-0.05, 0) is 43.2 Å². The lowest BCUT2D eigenvalue weighted by Crippen LogP contribution is -2.12. The first kappa shape index (κ1) is 19.6. The SMILES string of the molecule is Nc1ccccc1NC(=O)CCCCCCC(=O)c1cc2c(F)cccc2[nH]1. The molecule has 1 heterocycles. The first-order valence-corrected chi connectivity index (χ1v) is 9.49. The number of nitrogens with one attached hydrogen (secondary N) is 2. The summed E-state index contributed by atoms with van der Waals surface area (Å²) >= 11 is 0. The number of nitrogens with two attached hydrogens (primary N) is 1.